The highest BCUT2D eigenvalue weighted by Gasteiger charge is 2.70. The lowest BCUT2D eigenvalue weighted by Crippen LogP contribution is -2.67. The maximum absolute atomic E-state index is 13.1. The molecule has 142 valence electrons. The van der Waals surface area contributed by atoms with Crippen LogP contribution >= 0.6 is 0 Å². The number of carboxylic acid groups (broad SMARTS) is 1. The zero-order chi connectivity index (χ0) is 19.3. The van der Waals surface area contributed by atoms with Crippen molar-refractivity contribution in [3.05, 3.63) is 40.8 Å². The van der Waals surface area contributed by atoms with Gasteiger partial charge >= 0.3 is 5.97 Å². The van der Waals surface area contributed by atoms with Crippen molar-refractivity contribution in [2.45, 2.75) is 30.1 Å². The minimum absolute atomic E-state index is 0.0353. The molecule has 0 radical (unpaired) electrons. The van der Waals surface area contributed by atoms with Crippen LogP contribution in [0, 0.1) is 17.8 Å². The molecule has 1 fully saturated rings. The molecule has 0 aliphatic heterocycles. The first-order valence-corrected chi connectivity index (χ1v) is 9.75. The predicted molar refractivity (Wildman–Crippen MR) is 91.8 cm³/mol. The number of aliphatic hydroxyl groups is 1. The molecule has 8 heteroatoms. The normalized spacial score (nSPS) is 28.4. The van der Waals surface area contributed by atoms with Crippen LogP contribution in [0.1, 0.15) is 13.3 Å². The standard InChI is InChI=1S/C18H22O7S/c1-10(19)15-12-9-13(26(22,23)11-7-5-4-6-8-11)14(17(20)21)16(12)18(15,24-2)25-3/h4-8,10,12,15-16,19H,9H2,1-3H3,(H,20,21). The van der Waals surface area contributed by atoms with E-state index < -0.39 is 39.5 Å². The Labute approximate surface area is 152 Å². The van der Waals surface area contributed by atoms with Gasteiger partial charge in [-0.2, -0.15) is 0 Å². The third kappa shape index (κ3) is 2.44. The number of rotatable bonds is 6. The minimum Gasteiger partial charge on any atom is -0.478 e. The van der Waals surface area contributed by atoms with Gasteiger partial charge in [-0.1, -0.05) is 18.2 Å². The van der Waals surface area contributed by atoms with Gasteiger partial charge in [0.25, 0.3) is 0 Å². The van der Waals surface area contributed by atoms with Gasteiger partial charge in [-0.25, -0.2) is 13.2 Å². The van der Waals surface area contributed by atoms with Crippen LogP contribution in [0.5, 0.6) is 0 Å². The summed E-state index contributed by atoms with van der Waals surface area (Å²) in [6.45, 7) is 1.57. The number of methoxy groups -OCH3 is 2. The van der Waals surface area contributed by atoms with Gasteiger partial charge in [-0.3, -0.25) is 0 Å². The Morgan fingerprint density at radius 2 is 1.81 bits per heavy atom. The second kappa shape index (κ2) is 6.45. The fourth-order valence-electron chi connectivity index (χ4n) is 4.60. The summed E-state index contributed by atoms with van der Waals surface area (Å²) in [5, 5.41) is 19.9. The largest absolute Gasteiger partial charge is 0.478 e. The first-order valence-electron chi connectivity index (χ1n) is 8.27. The number of sulfone groups is 1. The molecule has 0 amide bonds. The SMILES string of the molecule is COC1(OC)C2C(C(=O)O)=C(S(=O)(=O)c3ccccc3)CC2C1C(C)O. The number of ether oxygens (including phenoxy) is 2. The number of carboxylic acids is 1. The van der Waals surface area contributed by atoms with Crippen LogP contribution in [0.4, 0.5) is 0 Å². The van der Waals surface area contributed by atoms with E-state index in [1.165, 1.54) is 26.4 Å². The van der Waals surface area contributed by atoms with E-state index in [-0.39, 0.29) is 27.7 Å². The molecule has 0 bridgehead atoms. The summed E-state index contributed by atoms with van der Waals surface area (Å²) in [5.41, 5.74) is -0.209. The number of fused-ring (bicyclic) bond motifs is 1. The summed E-state index contributed by atoms with van der Waals surface area (Å²) in [6, 6.07) is 7.74. The Kier molecular flexibility index (Phi) is 4.72. The average molecular weight is 382 g/mol. The summed E-state index contributed by atoms with van der Waals surface area (Å²) in [4.78, 5) is 11.9. The average Bonchev–Trinajstić information content (AvgIpc) is 2.94. The second-order valence-electron chi connectivity index (χ2n) is 6.70. The zero-order valence-corrected chi connectivity index (χ0v) is 15.6. The van der Waals surface area contributed by atoms with Crippen LogP contribution < -0.4 is 0 Å². The van der Waals surface area contributed by atoms with Crippen LogP contribution in [0.15, 0.2) is 45.7 Å². The number of aliphatic carboxylic acids is 1. The number of allylic oxidation sites excluding steroid dienone is 1. The quantitative estimate of drug-likeness (QED) is 0.716. The van der Waals surface area contributed by atoms with Crippen LogP contribution in [-0.2, 0) is 24.1 Å². The van der Waals surface area contributed by atoms with Crippen LogP contribution in [-0.4, -0.2) is 50.7 Å². The Morgan fingerprint density at radius 3 is 2.27 bits per heavy atom. The molecular formula is C18H22O7S. The first-order chi connectivity index (χ1) is 12.2. The summed E-state index contributed by atoms with van der Waals surface area (Å²) >= 11 is 0. The molecule has 0 heterocycles. The highest BCUT2D eigenvalue weighted by Crippen LogP contribution is 2.63. The Hall–Kier alpha value is -1.74. The molecule has 7 nitrogen and oxygen atoms in total. The fourth-order valence-corrected chi connectivity index (χ4v) is 6.32. The second-order valence-corrected chi connectivity index (χ2v) is 8.67. The molecule has 2 aliphatic carbocycles. The van der Waals surface area contributed by atoms with Crippen molar-refractivity contribution in [1.29, 1.82) is 0 Å². The van der Waals surface area contributed by atoms with Crippen LogP contribution in [0.25, 0.3) is 0 Å². The molecule has 2 aliphatic rings. The Morgan fingerprint density at radius 1 is 1.23 bits per heavy atom. The van der Waals surface area contributed by atoms with Crippen molar-refractivity contribution in [2.24, 2.45) is 17.8 Å². The molecule has 3 rings (SSSR count). The van der Waals surface area contributed by atoms with Crippen molar-refractivity contribution in [2.75, 3.05) is 14.2 Å². The molecule has 4 atom stereocenters. The molecule has 1 aromatic rings. The van der Waals surface area contributed by atoms with E-state index in [0.29, 0.717) is 0 Å². The zero-order valence-electron chi connectivity index (χ0n) is 14.7. The van der Waals surface area contributed by atoms with Gasteiger partial charge in [0.2, 0.25) is 9.84 Å². The Bertz CT molecular complexity index is 838. The maximum Gasteiger partial charge on any atom is 0.333 e. The summed E-state index contributed by atoms with van der Waals surface area (Å²) < 4.78 is 37.1. The lowest BCUT2D eigenvalue weighted by Gasteiger charge is -2.58. The van der Waals surface area contributed by atoms with Gasteiger partial charge in [-0.05, 0) is 31.4 Å². The van der Waals surface area contributed by atoms with E-state index >= 15 is 0 Å². The van der Waals surface area contributed by atoms with Gasteiger partial charge in [0, 0.05) is 20.1 Å². The highest BCUT2D eigenvalue weighted by molar-refractivity contribution is 7.95. The van der Waals surface area contributed by atoms with E-state index in [0.717, 1.165) is 0 Å². The van der Waals surface area contributed by atoms with Crippen molar-refractivity contribution < 1.29 is 32.9 Å². The van der Waals surface area contributed by atoms with Gasteiger partial charge < -0.3 is 19.7 Å². The van der Waals surface area contributed by atoms with Crippen molar-refractivity contribution in [1.82, 2.24) is 0 Å². The molecule has 0 aromatic heterocycles. The number of carbonyl (C=O) groups is 1. The summed E-state index contributed by atoms with van der Waals surface area (Å²) in [6.07, 6.45) is -0.807. The van der Waals surface area contributed by atoms with Crippen LogP contribution in [0.2, 0.25) is 0 Å². The smallest absolute Gasteiger partial charge is 0.333 e. The molecule has 26 heavy (non-hydrogen) atoms. The molecule has 0 saturated heterocycles. The predicted octanol–water partition coefficient (Wildman–Crippen LogP) is 1.43. The number of benzene rings is 1. The maximum atomic E-state index is 13.1. The molecule has 4 unspecified atom stereocenters. The lowest BCUT2D eigenvalue weighted by atomic mass is 9.57. The molecule has 2 N–H and O–H groups in total. The molecular weight excluding hydrogens is 360 g/mol. The van der Waals surface area contributed by atoms with E-state index in [1.54, 1.807) is 25.1 Å². The number of aliphatic hydroxyl groups excluding tert-OH is 1. The van der Waals surface area contributed by atoms with E-state index in [4.69, 9.17) is 9.47 Å². The topological polar surface area (TPSA) is 110 Å². The van der Waals surface area contributed by atoms with Crippen LogP contribution in [0.3, 0.4) is 0 Å². The monoisotopic (exact) mass is 382 g/mol. The molecule has 1 saturated carbocycles. The van der Waals surface area contributed by atoms with Crippen molar-refractivity contribution >= 4 is 15.8 Å². The lowest BCUT2D eigenvalue weighted by molar-refractivity contribution is -0.351. The van der Waals surface area contributed by atoms with Gasteiger partial charge in [0.1, 0.15) is 0 Å². The molecule has 1 aromatic carbocycles. The van der Waals surface area contributed by atoms with E-state index in [9.17, 15) is 23.4 Å². The van der Waals surface area contributed by atoms with Crippen molar-refractivity contribution in [3.63, 3.8) is 0 Å². The Balaban J connectivity index is 2.16. The van der Waals surface area contributed by atoms with E-state index in [1.807, 2.05) is 0 Å². The fraction of sp³-hybridized carbons (Fsp3) is 0.500. The van der Waals surface area contributed by atoms with E-state index in [2.05, 4.69) is 0 Å². The number of hydrogen-bond acceptors (Lipinski definition) is 6. The third-order valence-electron chi connectivity index (χ3n) is 5.59. The number of hydrogen-bond donors (Lipinski definition) is 2. The van der Waals surface area contributed by atoms with Gasteiger partial charge in [0.15, 0.2) is 5.79 Å². The van der Waals surface area contributed by atoms with Gasteiger partial charge in [0.05, 0.1) is 27.4 Å². The van der Waals surface area contributed by atoms with Crippen molar-refractivity contribution in [3.8, 4) is 0 Å². The third-order valence-corrected chi connectivity index (χ3v) is 7.51. The van der Waals surface area contributed by atoms with Gasteiger partial charge in [-0.15, -0.1) is 0 Å². The summed E-state index contributed by atoms with van der Waals surface area (Å²) in [7, 11) is -1.22. The summed E-state index contributed by atoms with van der Waals surface area (Å²) in [5.74, 6) is -4.34. The minimum atomic E-state index is -3.97. The highest BCUT2D eigenvalue weighted by atomic mass is 32.2. The molecule has 0 spiro atoms. The first kappa shape index (κ1) is 19.0.